The average Bonchev–Trinajstić information content (AvgIpc) is 3.35. The molecule has 0 bridgehead atoms. The molecule has 4 rings (SSSR count). The van der Waals surface area contributed by atoms with Crippen molar-refractivity contribution in [3.05, 3.63) is 53.2 Å². The number of amides is 1. The molecule has 0 radical (unpaired) electrons. The first kappa shape index (κ1) is 19.1. The van der Waals surface area contributed by atoms with E-state index < -0.39 is 11.6 Å². The van der Waals surface area contributed by atoms with Crippen LogP contribution in [0, 0.1) is 30.4 Å². The van der Waals surface area contributed by atoms with Crippen LogP contribution in [0.1, 0.15) is 41.1 Å². The second-order valence-corrected chi connectivity index (χ2v) is 7.89. The number of nitrogens with zero attached hydrogens (tertiary/aromatic N) is 3. The molecular weight excluding hydrogens is 364 g/mol. The van der Waals surface area contributed by atoms with Gasteiger partial charge in [-0.2, -0.15) is 0 Å². The highest BCUT2D eigenvalue weighted by Crippen LogP contribution is 2.33. The fourth-order valence-electron chi connectivity index (χ4n) is 4.50. The number of hydrogen-bond acceptors (Lipinski definition) is 4. The molecule has 1 atom stereocenters. The lowest BCUT2D eigenvalue weighted by molar-refractivity contribution is 0.0740. The van der Waals surface area contributed by atoms with Gasteiger partial charge in [-0.1, -0.05) is 12.1 Å². The minimum absolute atomic E-state index is 0.0727. The zero-order valence-corrected chi connectivity index (χ0v) is 16.0. The van der Waals surface area contributed by atoms with Gasteiger partial charge in [0.25, 0.3) is 5.91 Å². The van der Waals surface area contributed by atoms with Crippen LogP contribution in [0.4, 0.5) is 8.78 Å². The Morgan fingerprint density at radius 3 is 2.64 bits per heavy atom. The first-order valence-electron chi connectivity index (χ1n) is 9.87. The van der Waals surface area contributed by atoms with Gasteiger partial charge in [0.15, 0.2) is 18.0 Å². The van der Waals surface area contributed by atoms with E-state index in [1.54, 1.807) is 19.1 Å². The molecule has 7 heteroatoms. The fraction of sp³-hybridized carbons (Fsp3) is 0.524. The smallest absolute Gasteiger partial charge is 0.291 e. The average molecular weight is 389 g/mol. The third-order valence-corrected chi connectivity index (χ3v) is 6.18. The van der Waals surface area contributed by atoms with E-state index in [1.807, 2.05) is 4.90 Å². The quantitative estimate of drug-likeness (QED) is 0.801. The van der Waals surface area contributed by atoms with Gasteiger partial charge < -0.3 is 9.32 Å². The van der Waals surface area contributed by atoms with E-state index in [4.69, 9.17) is 4.42 Å². The second-order valence-electron chi connectivity index (χ2n) is 7.89. The summed E-state index contributed by atoms with van der Waals surface area (Å²) in [5.74, 6) is -0.214. The van der Waals surface area contributed by atoms with Crippen LogP contribution in [0.5, 0.6) is 0 Å². The third-order valence-electron chi connectivity index (χ3n) is 6.18. The third kappa shape index (κ3) is 3.81. The lowest BCUT2D eigenvalue weighted by atomic mass is 9.83. The van der Waals surface area contributed by atoms with Crippen LogP contribution in [0.3, 0.4) is 0 Å². The summed E-state index contributed by atoms with van der Waals surface area (Å²) in [6.45, 7) is 5.46. The van der Waals surface area contributed by atoms with Crippen LogP contribution in [-0.4, -0.2) is 46.9 Å². The molecule has 2 fully saturated rings. The molecule has 1 aromatic carbocycles. The van der Waals surface area contributed by atoms with Gasteiger partial charge in [-0.05, 0) is 57.2 Å². The number of piperidine rings is 1. The van der Waals surface area contributed by atoms with Crippen molar-refractivity contribution < 1.29 is 18.0 Å². The van der Waals surface area contributed by atoms with E-state index in [-0.39, 0.29) is 5.91 Å². The maximum atomic E-state index is 13.9. The maximum Gasteiger partial charge on any atom is 0.291 e. The normalized spacial score (nSPS) is 21.4. The van der Waals surface area contributed by atoms with Crippen LogP contribution in [0.2, 0.25) is 0 Å². The molecule has 1 amide bonds. The first-order chi connectivity index (χ1) is 13.5. The molecule has 2 aliphatic heterocycles. The lowest BCUT2D eigenvalue weighted by Crippen LogP contribution is -2.37. The number of halogens is 2. The summed E-state index contributed by atoms with van der Waals surface area (Å²) in [4.78, 5) is 20.6. The van der Waals surface area contributed by atoms with Crippen molar-refractivity contribution in [2.24, 2.45) is 11.8 Å². The zero-order valence-electron chi connectivity index (χ0n) is 16.0. The molecule has 1 aromatic heterocycles. The van der Waals surface area contributed by atoms with Crippen molar-refractivity contribution in [1.82, 2.24) is 14.8 Å². The van der Waals surface area contributed by atoms with Crippen molar-refractivity contribution in [2.45, 2.75) is 32.7 Å². The lowest BCUT2D eigenvalue weighted by Gasteiger charge is -2.34. The highest BCUT2D eigenvalue weighted by molar-refractivity contribution is 5.92. The van der Waals surface area contributed by atoms with E-state index in [9.17, 15) is 13.6 Å². The molecule has 28 heavy (non-hydrogen) atoms. The number of hydrogen-bond donors (Lipinski definition) is 0. The molecule has 2 aliphatic rings. The molecule has 5 nitrogen and oxygen atoms in total. The van der Waals surface area contributed by atoms with Crippen LogP contribution >= 0.6 is 0 Å². The van der Waals surface area contributed by atoms with Gasteiger partial charge in [0.05, 0.1) is 5.69 Å². The van der Waals surface area contributed by atoms with Crippen LogP contribution in [-0.2, 0) is 6.54 Å². The van der Waals surface area contributed by atoms with Crippen molar-refractivity contribution in [1.29, 1.82) is 0 Å². The monoisotopic (exact) mass is 389 g/mol. The Morgan fingerprint density at radius 1 is 1.18 bits per heavy atom. The van der Waals surface area contributed by atoms with Crippen LogP contribution < -0.4 is 0 Å². The Labute approximate surface area is 163 Å². The Bertz CT molecular complexity index is 846. The molecule has 2 saturated heterocycles. The van der Waals surface area contributed by atoms with Gasteiger partial charge in [0, 0.05) is 25.2 Å². The minimum Gasteiger partial charge on any atom is -0.438 e. The SMILES string of the molecule is Cc1ncoc1C(=O)N1CC[C@H](C2CCN(Cc3cccc(F)c3F)CC2)C1. The number of benzene rings is 1. The summed E-state index contributed by atoms with van der Waals surface area (Å²) in [5, 5.41) is 0. The highest BCUT2D eigenvalue weighted by Gasteiger charge is 2.35. The number of rotatable bonds is 4. The van der Waals surface area contributed by atoms with E-state index in [1.165, 1.54) is 6.39 Å². The summed E-state index contributed by atoms with van der Waals surface area (Å²) in [5.41, 5.74) is 1.05. The van der Waals surface area contributed by atoms with Crippen molar-refractivity contribution in [2.75, 3.05) is 26.2 Å². The molecule has 3 heterocycles. The summed E-state index contributed by atoms with van der Waals surface area (Å²) in [6.07, 6.45) is 4.35. The highest BCUT2D eigenvalue weighted by atomic mass is 19.2. The van der Waals surface area contributed by atoms with E-state index >= 15 is 0 Å². The summed E-state index contributed by atoms with van der Waals surface area (Å²) in [7, 11) is 0. The van der Waals surface area contributed by atoms with Gasteiger partial charge in [0.2, 0.25) is 5.76 Å². The van der Waals surface area contributed by atoms with E-state index in [2.05, 4.69) is 9.88 Å². The Hall–Kier alpha value is -2.28. The molecule has 150 valence electrons. The number of likely N-dealkylation sites (tertiary alicyclic amines) is 2. The predicted molar refractivity (Wildman–Crippen MR) is 99.6 cm³/mol. The van der Waals surface area contributed by atoms with Crippen molar-refractivity contribution >= 4 is 5.91 Å². The number of aromatic nitrogens is 1. The molecule has 0 saturated carbocycles. The van der Waals surface area contributed by atoms with Gasteiger partial charge in [0.1, 0.15) is 0 Å². The number of carbonyl (C=O) groups excluding carboxylic acids is 1. The minimum atomic E-state index is -0.787. The maximum absolute atomic E-state index is 13.9. The number of aryl methyl sites for hydroxylation is 1. The molecule has 0 aliphatic carbocycles. The topological polar surface area (TPSA) is 49.6 Å². The fourth-order valence-corrected chi connectivity index (χ4v) is 4.50. The summed E-state index contributed by atoms with van der Waals surface area (Å²) in [6, 6.07) is 4.36. The van der Waals surface area contributed by atoms with Gasteiger partial charge >= 0.3 is 0 Å². The Morgan fingerprint density at radius 2 is 1.93 bits per heavy atom. The standard InChI is InChI=1S/C21H25F2N3O2/c1-14-20(28-13-24-14)21(27)26-10-7-16(12-26)15-5-8-25(9-6-15)11-17-3-2-4-18(22)19(17)23/h2-4,13,15-16H,5-12H2,1H3/t16-/m0/s1. The summed E-state index contributed by atoms with van der Waals surface area (Å²) < 4.78 is 32.5. The van der Waals surface area contributed by atoms with Gasteiger partial charge in [-0.25, -0.2) is 13.8 Å². The van der Waals surface area contributed by atoms with Crippen LogP contribution in [0.25, 0.3) is 0 Å². The molecular formula is C21H25F2N3O2. The molecule has 0 spiro atoms. The van der Waals surface area contributed by atoms with Crippen molar-refractivity contribution in [3.8, 4) is 0 Å². The zero-order chi connectivity index (χ0) is 19.7. The molecule has 0 N–H and O–H groups in total. The van der Waals surface area contributed by atoms with E-state index in [0.29, 0.717) is 35.4 Å². The first-order valence-corrected chi connectivity index (χ1v) is 9.87. The van der Waals surface area contributed by atoms with Gasteiger partial charge in [-0.15, -0.1) is 0 Å². The second kappa shape index (κ2) is 7.99. The largest absolute Gasteiger partial charge is 0.438 e. The van der Waals surface area contributed by atoms with Crippen LogP contribution in [0.15, 0.2) is 29.0 Å². The molecule has 2 aromatic rings. The van der Waals surface area contributed by atoms with Gasteiger partial charge in [-0.3, -0.25) is 9.69 Å². The predicted octanol–water partition coefficient (Wildman–Crippen LogP) is 3.64. The van der Waals surface area contributed by atoms with Crippen molar-refractivity contribution in [3.63, 3.8) is 0 Å². The molecule has 0 unspecified atom stereocenters. The number of oxazole rings is 1. The number of carbonyl (C=O) groups is 1. The van der Waals surface area contributed by atoms with E-state index in [0.717, 1.165) is 51.5 Å². The Balaban J connectivity index is 1.29. The summed E-state index contributed by atoms with van der Waals surface area (Å²) >= 11 is 0. The Kier molecular flexibility index (Phi) is 5.44.